The van der Waals surface area contributed by atoms with Gasteiger partial charge in [-0.1, -0.05) is 45.0 Å². The van der Waals surface area contributed by atoms with Crippen LogP contribution in [0.15, 0.2) is 42.5 Å². The number of hydrogen-bond donors (Lipinski definition) is 1. The third-order valence-corrected chi connectivity index (χ3v) is 5.76. The van der Waals surface area contributed by atoms with E-state index in [0.29, 0.717) is 18.7 Å². The van der Waals surface area contributed by atoms with E-state index in [1.807, 2.05) is 49.9 Å². The second-order valence-electron chi connectivity index (χ2n) is 9.53. The molecule has 4 rings (SSSR count). The molecule has 1 heterocycles. The zero-order valence-electron chi connectivity index (χ0n) is 18.0. The number of carbonyl (C=O) groups excluding carboxylic acids is 2. The summed E-state index contributed by atoms with van der Waals surface area (Å²) in [7, 11) is 0. The Morgan fingerprint density at radius 1 is 1.17 bits per heavy atom. The molecule has 1 N–H and O–H groups in total. The molecule has 5 nitrogen and oxygen atoms in total. The normalized spacial score (nSPS) is 18.7. The second-order valence-corrected chi connectivity index (χ2v) is 9.53. The lowest BCUT2D eigenvalue weighted by Crippen LogP contribution is -2.37. The van der Waals surface area contributed by atoms with Crippen LogP contribution in [0.2, 0.25) is 0 Å². The Bertz CT molecular complexity index is 961. The number of hydrogen-bond acceptors (Lipinski definition) is 3. The largest absolute Gasteiger partial charge is 0.483 e. The van der Waals surface area contributed by atoms with E-state index in [1.54, 1.807) is 0 Å². The predicted molar refractivity (Wildman–Crippen MR) is 117 cm³/mol. The molecule has 2 aromatic carbocycles. The van der Waals surface area contributed by atoms with Crippen molar-refractivity contribution in [3.8, 4) is 5.75 Å². The predicted octanol–water partition coefficient (Wildman–Crippen LogP) is 4.86. The van der Waals surface area contributed by atoms with E-state index in [-0.39, 0.29) is 29.9 Å². The van der Waals surface area contributed by atoms with Crippen molar-refractivity contribution < 1.29 is 14.3 Å². The molecule has 2 aliphatic rings. The quantitative estimate of drug-likeness (QED) is 0.792. The first-order chi connectivity index (χ1) is 14.3. The van der Waals surface area contributed by atoms with E-state index in [9.17, 15) is 9.59 Å². The summed E-state index contributed by atoms with van der Waals surface area (Å²) in [6.45, 7) is 6.66. The number of aryl methyl sites for hydroxylation is 1. The van der Waals surface area contributed by atoms with Crippen molar-refractivity contribution in [2.24, 2.45) is 5.41 Å². The van der Waals surface area contributed by atoms with E-state index < -0.39 is 0 Å². The summed E-state index contributed by atoms with van der Waals surface area (Å²) in [6, 6.07) is 14.1. The summed E-state index contributed by atoms with van der Waals surface area (Å²) in [5.74, 6) is 0.709. The fraction of sp³-hybridized carbons (Fsp3) is 0.440. The maximum Gasteiger partial charge on any atom is 0.261 e. The van der Waals surface area contributed by atoms with Gasteiger partial charge in [0.05, 0.1) is 12.6 Å². The van der Waals surface area contributed by atoms with Crippen LogP contribution in [0.3, 0.4) is 0 Å². The second kappa shape index (κ2) is 8.13. The van der Waals surface area contributed by atoms with Crippen LogP contribution < -0.4 is 10.1 Å². The summed E-state index contributed by atoms with van der Waals surface area (Å²) < 4.78 is 5.81. The van der Waals surface area contributed by atoms with Crippen molar-refractivity contribution >= 4 is 17.5 Å². The number of nitrogens with one attached hydrogen (secondary N) is 1. The lowest BCUT2D eigenvalue weighted by molar-refractivity contribution is -0.136. The molecule has 0 fully saturated rings. The molecule has 30 heavy (non-hydrogen) atoms. The molecule has 5 heteroatoms. The summed E-state index contributed by atoms with van der Waals surface area (Å²) >= 11 is 0. The average Bonchev–Trinajstić information content (AvgIpc) is 2.85. The summed E-state index contributed by atoms with van der Waals surface area (Å²) in [5, 5.41) is 2.99. The Kier molecular flexibility index (Phi) is 5.54. The van der Waals surface area contributed by atoms with E-state index in [2.05, 4.69) is 23.5 Å². The van der Waals surface area contributed by atoms with Crippen molar-refractivity contribution in [3.05, 3.63) is 59.2 Å². The van der Waals surface area contributed by atoms with E-state index in [0.717, 1.165) is 30.5 Å². The monoisotopic (exact) mass is 406 g/mol. The summed E-state index contributed by atoms with van der Waals surface area (Å²) in [6.07, 6.45) is 3.54. The van der Waals surface area contributed by atoms with Gasteiger partial charge in [-0.05, 0) is 54.0 Å². The fourth-order valence-corrected chi connectivity index (χ4v) is 4.44. The molecule has 1 atom stereocenters. The van der Waals surface area contributed by atoms with Crippen molar-refractivity contribution in [1.29, 1.82) is 0 Å². The molecule has 2 amide bonds. The molecule has 0 bridgehead atoms. The van der Waals surface area contributed by atoms with Crippen molar-refractivity contribution in [3.63, 3.8) is 0 Å². The molecule has 1 aliphatic carbocycles. The van der Waals surface area contributed by atoms with Gasteiger partial charge < -0.3 is 15.0 Å². The fourth-order valence-electron chi connectivity index (χ4n) is 4.44. The van der Waals surface area contributed by atoms with E-state index in [4.69, 9.17) is 4.74 Å². The minimum Gasteiger partial charge on any atom is -0.483 e. The molecule has 1 aliphatic heterocycles. The van der Waals surface area contributed by atoms with Gasteiger partial charge in [-0.25, -0.2) is 0 Å². The smallest absolute Gasteiger partial charge is 0.261 e. The number of rotatable bonds is 3. The molecule has 0 saturated carbocycles. The molecular formula is C25H30N2O3. The van der Waals surface area contributed by atoms with Crippen LogP contribution in [0.4, 0.5) is 5.69 Å². The van der Waals surface area contributed by atoms with E-state index in [1.165, 1.54) is 11.1 Å². The highest BCUT2D eigenvalue weighted by atomic mass is 16.5. The number of benzene rings is 2. The average molecular weight is 407 g/mol. The Morgan fingerprint density at radius 2 is 1.97 bits per heavy atom. The summed E-state index contributed by atoms with van der Waals surface area (Å²) in [5.41, 5.74) is 4.17. The van der Waals surface area contributed by atoms with Gasteiger partial charge in [-0.3, -0.25) is 9.59 Å². The van der Waals surface area contributed by atoms with Crippen molar-refractivity contribution in [1.82, 2.24) is 4.90 Å². The van der Waals surface area contributed by atoms with Crippen LogP contribution in [-0.4, -0.2) is 23.3 Å². The van der Waals surface area contributed by atoms with Gasteiger partial charge in [0.1, 0.15) is 5.75 Å². The van der Waals surface area contributed by atoms with Gasteiger partial charge in [-0.2, -0.15) is 0 Å². The third-order valence-electron chi connectivity index (χ3n) is 5.76. The first kappa shape index (κ1) is 20.5. The molecule has 0 aromatic heterocycles. The van der Waals surface area contributed by atoms with Crippen LogP contribution in [-0.2, 0) is 22.6 Å². The van der Waals surface area contributed by atoms with Gasteiger partial charge in [0.2, 0.25) is 5.91 Å². The number of carbonyl (C=O) groups is 2. The minimum absolute atomic E-state index is 0.00576. The first-order valence-electron chi connectivity index (χ1n) is 10.7. The SMILES string of the molecule is CC(C)(C)CC(=O)Nc1ccc2c(c1)CN([C@H]1CCCc3ccccc31)C(=O)CO2. The summed E-state index contributed by atoms with van der Waals surface area (Å²) in [4.78, 5) is 27.2. The topological polar surface area (TPSA) is 58.6 Å². The van der Waals surface area contributed by atoms with Crippen LogP contribution in [0.1, 0.15) is 62.8 Å². The number of anilines is 1. The van der Waals surface area contributed by atoms with Gasteiger partial charge in [-0.15, -0.1) is 0 Å². The Morgan fingerprint density at radius 3 is 2.77 bits per heavy atom. The highest BCUT2D eigenvalue weighted by Gasteiger charge is 2.32. The molecule has 0 radical (unpaired) electrons. The van der Waals surface area contributed by atoms with Gasteiger partial charge in [0.15, 0.2) is 6.61 Å². The Hall–Kier alpha value is -2.82. The lowest BCUT2D eigenvalue weighted by atomic mass is 9.86. The number of nitrogens with zero attached hydrogens (tertiary/aromatic N) is 1. The highest BCUT2D eigenvalue weighted by Crippen LogP contribution is 2.37. The van der Waals surface area contributed by atoms with Crippen LogP contribution in [0.5, 0.6) is 5.75 Å². The molecular weight excluding hydrogens is 376 g/mol. The highest BCUT2D eigenvalue weighted by molar-refractivity contribution is 5.91. The first-order valence-corrected chi connectivity index (χ1v) is 10.7. The number of amides is 2. The van der Waals surface area contributed by atoms with Gasteiger partial charge in [0, 0.05) is 17.7 Å². The van der Waals surface area contributed by atoms with Crippen LogP contribution in [0, 0.1) is 5.41 Å². The van der Waals surface area contributed by atoms with Gasteiger partial charge in [0.25, 0.3) is 5.91 Å². The maximum atomic E-state index is 12.9. The maximum absolute atomic E-state index is 12.9. The van der Waals surface area contributed by atoms with Crippen molar-refractivity contribution in [2.75, 3.05) is 11.9 Å². The number of ether oxygens (including phenoxy) is 1. The zero-order chi connectivity index (χ0) is 21.3. The molecule has 0 unspecified atom stereocenters. The Balaban J connectivity index is 1.58. The lowest BCUT2D eigenvalue weighted by Gasteiger charge is -2.35. The molecule has 158 valence electrons. The molecule has 0 spiro atoms. The van der Waals surface area contributed by atoms with Crippen LogP contribution in [0.25, 0.3) is 0 Å². The standard InChI is InChI=1S/C25H30N2O3/c1-25(2,3)14-23(28)26-19-11-12-22-18(13-19)15-27(24(29)16-30-22)21-10-6-8-17-7-4-5-9-20(17)21/h4-5,7,9,11-13,21H,6,8,10,14-16H2,1-3H3,(H,26,28)/t21-/m0/s1. The third kappa shape index (κ3) is 4.50. The molecule has 0 saturated heterocycles. The number of fused-ring (bicyclic) bond motifs is 2. The van der Waals surface area contributed by atoms with E-state index >= 15 is 0 Å². The Labute approximate surface area is 178 Å². The van der Waals surface area contributed by atoms with Crippen LogP contribution >= 0.6 is 0 Å². The zero-order valence-corrected chi connectivity index (χ0v) is 18.0. The minimum atomic E-state index is -0.0729. The van der Waals surface area contributed by atoms with Gasteiger partial charge >= 0.3 is 0 Å². The molecule has 2 aromatic rings. The van der Waals surface area contributed by atoms with Crippen molar-refractivity contribution in [2.45, 2.75) is 59.0 Å².